The second kappa shape index (κ2) is 12.3. The zero-order valence-electron chi connectivity index (χ0n) is 14.5. The third-order valence-electron chi connectivity index (χ3n) is 4.21. The fourth-order valence-electron chi connectivity index (χ4n) is 3.00. The first-order valence-corrected chi connectivity index (χ1v) is 8.56. The Kier molecular flexibility index (Phi) is 11.2. The summed E-state index contributed by atoms with van der Waals surface area (Å²) in [6.45, 7) is 8.84. The SMILES string of the molecule is CCOCC1CCN(C(=NC)NCCOCC2CCCO2)C1.I. The van der Waals surface area contributed by atoms with E-state index in [-0.39, 0.29) is 24.0 Å². The lowest BCUT2D eigenvalue weighted by Crippen LogP contribution is -2.41. The first kappa shape index (κ1) is 20.9. The number of aliphatic imine (C=N–C) groups is 1. The summed E-state index contributed by atoms with van der Waals surface area (Å²) in [6, 6.07) is 0. The van der Waals surface area contributed by atoms with Crippen molar-refractivity contribution >= 4 is 29.9 Å². The van der Waals surface area contributed by atoms with Crippen molar-refractivity contribution in [2.45, 2.75) is 32.3 Å². The van der Waals surface area contributed by atoms with E-state index in [0.29, 0.717) is 25.2 Å². The van der Waals surface area contributed by atoms with Crippen LogP contribution in [0.15, 0.2) is 4.99 Å². The van der Waals surface area contributed by atoms with Crippen molar-refractivity contribution in [3.8, 4) is 0 Å². The number of hydrogen-bond acceptors (Lipinski definition) is 4. The van der Waals surface area contributed by atoms with Gasteiger partial charge in [0, 0.05) is 45.8 Å². The van der Waals surface area contributed by atoms with Crippen LogP contribution in [0.5, 0.6) is 0 Å². The fourth-order valence-corrected chi connectivity index (χ4v) is 3.00. The average Bonchev–Trinajstić information content (AvgIpc) is 3.20. The molecule has 0 amide bonds. The van der Waals surface area contributed by atoms with Crippen LogP contribution in [0.4, 0.5) is 0 Å². The lowest BCUT2D eigenvalue weighted by atomic mass is 10.1. The minimum Gasteiger partial charge on any atom is -0.381 e. The number of ether oxygens (including phenoxy) is 3. The molecule has 0 saturated carbocycles. The Bertz CT molecular complexity index is 339. The molecule has 7 heteroatoms. The molecule has 0 spiro atoms. The molecule has 2 aliphatic heterocycles. The first-order chi connectivity index (χ1) is 10.8. The Morgan fingerprint density at radius 1 is 1.30 bits per heavy atom. The van der Waals surface area contributed by atoms with E-state index < -0.39 is 0 Å². The molecule has 1 N–H and O–H groups in total. The van der Waals surface area contributed by atoms with Gasteiger partial charge in [-0.3, -0.25) is 4.99 Å². The topological polar surface area (TPSA) is 55.3 Å². The highest BCUT2D eigenvalue weighted by Crippen LogP contribution is 2.16. The van der Waals surface area contributed by atoms with Crippen molar-refractivity contribution < 1.29 is 14.2 Å². The number of halogens is 1. The summed E-state index contributed by atoms with van der Waals surface area (Å²) in [5.74, 6) is 1.59. The average molecular weight is 441 g/mol. The molecule has 0 radical (unpaired) electrons. The van der Waals surface area contributed by atoms with Crippen LogP contribution in [0, 0.1) is 5.92 Å². The molecule has 23 heavy (non-hydrogen) atoms. The molecular weight excluding hydrogens is 409 g/mol. The zero-order valence-corrected chi connectivity index (χ0v) is 16.8. The highest BCUT2D eigenvalue weighted by atomic mass is 127. The van der Waals surface area contributed by atoms with Crippen LogP contribution in [0.1, 0.15) is 26.2 Å². The van der Waals surface area contributed by atoms with Crippen LogP contribution in [0.3, 0.4) is 0 Å². The molecule has 2 aliphatic rings. The van der Waals surface area contributed by atoms with Gasteiger partial charge in [0.15, 0.2) is 5.96 Å². The van der Waals surface area contributed by atoms with Gasteiger partial charge in [-0.25, -0.2) is 0 Å². The van der Waals surface area contributed by atoms with Crippen LogP contribution in [-0.4, -0.2) is 76.7 Å². The summed E-state index contributed by atoms with van der Waals surface area (Å²) in [6.07, 6.45) is 3.77. The number of guanidine groups is 1. The highest BCUT2D eigenvalue weighted by molar-refractivity contribution is 14.0. The van der Waals surface area contributed by atoms with Gasteiger partial charge in [0.05, 0.1) is 25.9 Å². The molecule has 2 fully saturated rings. The molecule has 0 bridgehead atoms. The van der Waals surface area contributed by atoms with Crippen LogP contribution < -0.4 is 5.32 Å². The molecule has 0 aromatic carbocycles. The summed E-state index contributed by atoms with van der Waals surface area (Å²) >= 11 is 0. The molecule has 2 rings (SSSR count). The van der Waals surface area contributed by atoms with E-state index in [9.17, 15) is 0 Å². The van der Waals surface area contributed by atoms with E-state index in [2.05, 4.69) is 15.2 Å². The standard InChI is InChI=1S/C16H31N3O3.HI/c1-3-20-12-14-6-8-19(11-14)16(17-2)18-7-10-21-13-15-5-4-9-22-15;/h14-15H,3-13H2,1-2H3,(H,17,18);1H. The molecular formula is C16H32IN3O3. The molecule has 0 aromatic heterocycles. The zero-order chi connectivity index (χ0) is 15.6. The van der Waals surface area contributed by atoms with Crippen molar-refractivity contribution in [3.63, 3.8) is 0 Å². The summed E-state index contributed by atoms with van der Waals surface area (Å²) in [4.78, 5) is 6.68. The Morgan fingerprint density at radius 2 is 2.17 bits per heavy atom. The van der Waals surface area contributed by atoms with Crippen LogP contribution in [-0.2, 0) is 14.2 Å². The molecule has 136 valence electrons. The van der Waals surface area contributed by atoms with E-state index in [1.807, 2.05) is 14.0 Å². The minimum absolute atomic E-state index is 0. The van der Waals surface area contributed by atoms with Crippen LogP contribution in [0.2, 0.25) is 0 Å². The van der Waals surface area contributed by atoms with E-state index in [1.165, 1.54) is 6.42 Å². The molecule has 2 unspecified atom stereocenters. The lowest BCUT2D eigenvalue weighted by Gasteiger charge is -2.22. The number of hydrogen-bond donors (Lipinski definition) is 1. The monoisotopic (exact) mass is 441 g/mol. The van der Waals surface area contributed by atoms with Gasteiger partial charge in [-0.2, -0.15) is 0 Å². The third-order valence-corrected chi connectivity index (χ3v) is 4.21. The fraction of sp³-hybridized carbons (Fsp3) is 0.938. The number of rotatable bonds is 8. The van der Waals surface area contributed by atoms with E-state index >= 15 is 0 Å². The van der Waals surface area contributed by atoms with Crippen molar-refractivity contribution in [1.82, 2.24) is 10.2 Å². The highest BCUT2D eigenvalue weighted by Gasteiger charge is 2.24. The quantitative estimate of drug-likeness (QED) is 0.269. The minimum atomic E-state index is 0. The molecule has 2 heterocycles. The Balaban J connectivity index is 0.00000264. The Hall–Kier alpha value is -0.120. The van der Waals surface area contributed by atoms with E-state index in [0.717, 1.165) is 58.3 Å². The van der Waals surface area contributed by atoms with Gasteiger partial charge in [0.25, 0.3) is 0 Å². The number of nitrogens with one attached hydrogen (secondary N) is 1. The van der Waals surface area contributed by atoms with Gasteiger partial charge < -0.3 is 24.4 Å². The Morgan fingerprint density at radius 3 is 2.87 bits per heavy atom. The van der Waals surface area contributed by atoms with Gasteiger partial charge in [0.1, 0.15) is 0 Å². The maximum absolute atomic E-state index is 5.67. The second-order valence-electron chi connectivity index (χ2n) is 5.94. The predicted octanol–water partition coefficient (Wildman–Crippen LogP) is 1.73. The number of nitrogens with zero attached hydrogens (tertiary/aromatic N) is 2. The summed E-state index contributed by atoms with van der Waals surface area (Å²) in [5.41, 5.74) is 0. The van der Waals surface area contributed by atoms with Crippen LogP contribution in [0.25, 0.3) is 0 Å². The second-order valence-corrected chi connectivity index (χ2v) is 5.94. The molecule has 6 nitrogen and oxygen atoms in total. The molecule has 2 saturated heterocycles. The van der Waals surface area contributed by atoms with Crippen molar-refractivity contribution in [2.75, 3.05) is 59.7 Å². The van der Waals surface area contributed by atoms with E-state index in [1.54, 1.807) is 0 Å². The Labute approximate surface area is 157 Å². The maximum Gasteiger partial charge on any atom is 0.193 e. The maximum atomic E-state index is 5.67. The normalized spacial score (nSPS) is 24.8. The lowest BCUT2D eigenvalue weighted by molar-refractivity contribution is 0.0190. The number of likely N-dealkylation sites (tertiary alicyclic amines) is 1. The smallest absolute Gasteiger partial charge is 0.193 e. The summed E-state index contributed by atoms with van der Waals surface area (Å²) < 4.78 is 16.7. The van der Waals surface area contributed by atoms with Gasteiger partial charge in [-0.15, -0.1) is 24.0 Å². The summed E-state index contributed by atoms with van der Waals surface area (Å²) in [7, 11) is 1.84. The third kappa shape index (κ3) is 7.53. The molecule has 0 aromatic rings. The first-order valence-electron chi connectivity index (χ1n) is 8.56. The largest absolute Gasteiger partial charge is 0.381 e. The predicted molar refractivity (Wildman–Crippen MR) is 103 cm³/mol. The van der Waals surface area contributed by atoms with Gasteiger partial charge >= 0.3 is 0 Å². The van der Waals surface area contributed by atoms with Crippen molar-refractivity contribution in [3.05, 3.63) is 0 Å². The van der Waals surface area contributed by atoms with Gasteiger partial charge in [-0.05, 0) is 26.2 Å². The summed E-state index contributed by atoms with van der Waals surface area (Å²) in [5, 5.41) is 3.38. The molecule has 0 aliphatic carbocycles. The van der Waals surface area contributed by atoms with E-state index in [4.69, 9.17) is 14.2 Å². The van der Waals surface area contributed by atoms with Crippen molar-refractivity contribution in [2.24, 2.45) is 10.9 Å². The van der Waals surface area contributed by atoms with Crippen molar-refractivity contribution in [1.29, 1.82) is 0 Å². The molecule has 2 atom stereocenters. The van der Waals surface area contributed by atoms with Gasteiger partial charge in [-0.1, -0.05) is 0 Å². The van der Waals surface area contributed by atoms with Gasteiger partial charge in [0.2, 0.25) is 0 Å². The van der Waals surface area contributed by atoms with Crippen LogP contribution >= 0.6 is 24.0 Å².